The van der Waals surface area contributed by atoms with Crippen LogP contribution >= 0.6 is 0 Å². The predicted octanol–water partition coefficient (Wildman–Crippen LogP) is 16.9. The molecule has 0 aliphatic heterocycles. The monoisotopic (exact) mass is 802 g/mol. The van der Waals surface area contributed by atoms with Crippen LogP contribution in [0.1, 0.15) is 0 Å². The van der Waals surface area contributed by atoms with E-state index in [0.717, 1.165) is 61.1 Å². The Bertz CT molecular complexity index is 3900. The van der Waals surface area contributed by atoms with Crippen LogP contribution in [-0.4, -0.2) is 4.57 Å². The Labute approximate surface area is 363 Å². The van der Waals surface area contributed by atoms with Crippen molar-refractivity contribution in [1.29, 1.82) is 0 Å². The van der Waals surface area contributed by atoms with Gasteiger partial charge in [0.05, 0.1) is 22.1 Å². The lowest BCUT2D eigenvalue weighted by atomic mass is 9.93. The Hall–Kier alpha value is -8.40. The van der Waals surface area contributed by atoms with E-state index in [4.69, 9.17) is 4.42 Å². The first kappa shape index (κ1) is 35.4. The van der Waals surface area contributed by atoms with Crippen LogP contribution in [0.2, 0.25) is 0 Å². The highest BCUT2D eigenvalue weighted by atomic mass is 16.3. The minimum Gasteiger partial charge on any atom is -0.456 e. The predicted molar refractivity (Wildman–Crippen MR) is 266 cm³/mol. The average Bonchev–Trinajstić information content (AvgIpc) is 3.90. The van der Waals surface area contributed by atoms with Gasteiger partial charge in [-0.15, -0.1) is 0 Å². The normalized spacial score (nSPS) is 11.8. The van der Waals surface area contributed by atoms with Crippen LogP contribution in [0.5, 0.6) is 0 Å². The summed E-state index contributed by atoms with van der Waals surface area (Å²) in [5.41, 5.74) is 13.0. The second-order valence-corrected chi connectivity index (χ2v) is 16.4. The molecule has 0 saturated carbocycles. The fourth-order valence-electron chi connectivity index (χ4n) is 10.1. The zero-order valence-electron chi connectivity index (χ0n) is 34.2. The van der Waals surface area contributed by atoms with Crippen LogP contribution in [0.3, 0.4) is 0 Å². The molecule has 63 heavy (non-hydrogen) atoms. The molecule has 0 saturated heterocycles. The van der Waals surface area contributed by atoms with E-state index in [2.05, 4.69) is 240 Å². The smallest absolute Gasteiger partial charge is 0.139 e. The van der Waals surface area contributed by atoms with Crippen LogP contribution in [0.4, 0.5) is 17.1 Å². The molecule has 13 aromatic rings. The van der Waals surface area contributed by atoms with Crippen molar-refractivity contribution < 1.29 is 4.42 Å². The van der Waals surface area contributed by atoms with Crippen molar-refractivity contribution in [1.82, 2.24) is 4.57 Å². The molecule has 13 rings (SSSR count). The number of anilines is 3. The summed E-state index contributed by atoms with van der Waals surface area (Å²) in [6.45, 7) is 0. The summed E-state index contributed by atoms with van der Waals surface area (Å²) in [4.78, 5) is 2.45. The fraction of sp³-hybridized carbons (Fsp3) is 0. The molecule has 0 radical (unpaired) electrons. The third-order valence-electron chi connectivity index (χ3n) is 12.9. The topological polar surface area (TPSA) is 21.3 Å². The highest BCUT2D eigenvalue weighted by molar-refractivity contribution is 6.29. The van der Waals surface area contributed by atoms with Crippen LogP contribution in [0.25, 0.3) is 104 Å². The van der Waals surface area contributed by atoms with Gasteiger partial charge in [-0.05, 0) is 104 Å². The summed E-state index contributed by atoms with van der Waals surface area (Å²) in [6, 6.07) is 83.5. The van der Waals surface area contributed by atoms with Crippen molar-refractivity contribution in [3.05, 3.63) is 231 Å². The minimum atomic E-state index is 0.839. The molecule has 11 aromatic carbocycles. The Kier molecular flexibility index (Phi) is 7.91. The first-order chi connectivity index (χ1) is 31.3. The quantitative estimate of drug-likeness (QED) is 0.156. The lowest BCUT2D eigenvalue weighted by molar-refractivity contribution is 0.669. The van der Waals surface area contributed by atoms with Gasteiger partial charge in [-0.1, -0.05) is 170 Å². The molecular weight excluding hydrogens is 765 g/mol. The minimum absolute atomic E-state index is 0.839. The van der Waals surface area contributed by atoms with Crippen molar-refractivity contribution in [2.75, 3.05) is 4.90 Å². The second-order valence-electron chi connectivity index (χ2n) is 16.4. The standard InChI is InChI=1S/C60H38N2O/c1-3-19-44(20-4-1)61(46-34-32-40(33-35-46)53-37-42-18-9-10-23-47(42)49-24-11-12-25-50(49)53)60-57-52-28-15-27-48(43-31-30-39-16-7-8-17-41(39)36-43)59(52)62(45-21-5-2-6-22-45)54(57)38-56-58(60)51-26-13-14-29-55(51)63-56/h1-38H. The van der Waals surface area contributed by atoms with Crippen LogP contribution < -0.4 is 4.90 Å². The molecule has 3 heteroatoms. The molecule has 0 aliphatic carbocycles. The van der Waals surface area contributed by atoms with Crippen LogP contribution in [-0.2, 0) is 0 Å². The number of nitrogens with zero attached hydrogens (tertiary/aromatic N) is 2. The molecule has 3 nitrogen and oxygen atoms in total. The van der Waals surface area contributed by atoms with Crippen molar-refractivity contribution in [2.24, 2.45) is 0 Å². The van der Waals surface area contributed by atoms with E-state index in [1.165, 1.54) is 60.0 Å². The SMILES string of the molecule is c1ccc(N(c2ccc(-c3cc4ccccc4c4ccccc34)cc2)c2c3c(cc4c2c2cccc(-c5ccc6ccccc6c5)c2n4-c2ccccc2)oc2ccccc23)cc1. The van der Waals surface area contributed by atoms with E-state index >= 15 is 0 Å². The molecule has 0 spiro atoms. The van der Waals surface area contributed by atoms with Crippen molar-refractivity contribution in [3.8, 4) is 27.9 Å². The molecular formula is C60H38N2O. The number of benzene rings is 11. The Morgan fingerprint density at radius 1 is 0.349 bits per heavy atom. The van der Waals surface area contributed by atoms with Gasteiger partial charge in [-0.25, -0.2) is 0 Å². The van der Waals surface area contributed by atoms with Gasteiger partial charge in [0, 0.05) is 44.9 Å². The summed E-state index contributed by atoms with van der Waals surface area (Å²) in [5, 5.41) is 11.9. The van der Waals surface area contributed by atoms with E-state index in [9.17, 15) is 0 Å². The maximum absolute atomic E-state index is 6.89. The molecule has 0 fully saturated rings. The number of hydrogen-bond donors (Lipinski definition) is 0. The number of rotatable bonds is 6. The van der Waals surface area contributed by atoms with E-state index in [1.807, 2.05) is 0 Å². The second kappa shape index (κ2) is 14.1. The van der Waals surface area contributed by atoms with Gasteiger partial charge in [0.25, 0.3) is 0 Å². The average molecular weight is 803 g/mol. The zero-order chi connectivity index (χ0) is 41.4. The third-order valence-corrected chi connectivity index (χ3v) is 12.9. The molecule has 2 heterocycles. The van der Waals surface area contributed by atoms with Gasteiger partial charge in [-0.3, -0.25) is 0 Å². The molecule has 0 atom stereocenters. The maximum Gasteiger partial charge on any atom is 0.139 e. The highest BCUT2D eigenvalue weighted by Crippen LogP contribution is 2.52. The van der Waals surface area contributed by atoms with Crippen LogP contribution in [0.15, 0.2) is 235 Å². The van der Waals surface area contributed by atoms with E-state index in [-0.39, 0.29) is 0 Å². The first-order valence-electron chi connectivity index (χ1n) is 21.6. The number of hydrogen-bond acceptors (Lipinski definition) is 2. The highest BCUT2D eigenvalue weighted by Gasteiger charge is 2.28. The van der Waals surface area contributed by atoms with Gasteiger partial charge in [0.2, 0.25) is 0 Å². The first-order valence-corrected chi connectivity index (χ1v) is 21.6. The van der Waals surface area contributed by atoms with Gasteiger partial charge in [0.1, 0.15) is 11.2 Å². The van der Waals surface area contributed by atoms with Gasteiger partial charge >= 0.3 is 0 Å². The van der Waals surface area contributed by atoms with Gasteiger partial charge in [0.15, 0.2) is 0 Å². The lowest BCUT2D eigenvalue weighted by Crippen LogP contribution is -2.11. The Morgan fingerprint density at radius 2 is 0.968 bits per heavy atom. The fourth-order valence-corrected chi connectivity index (χ4v) is 10.1. The zero-order valence-corrected chi connectivity index (χ0v) is 34.2. The lowest BCUT2D eigenvalue weighted by Gasteiger charge is -2.27. The summed E-state index contributed by atoms with van der Waals surface area (Å²) in [7, 11) is 0. The number of furan rings is 1. The molecule has 0 N–H and O–H groups in total. The molecule has 2 aromatic heterocycles. The molecule has 294 valence electrons. The van der Waals surface area contributed by atoms with Crippen molar-refractivity contribution in [2.45, 2.75) is 0 Å². The molecule has 0 bridgehead atoms. The Morgan fingerprint density at radius 3 is 1.78 bits per heavy atom. The van der Waals surface area contributed by atoms with Crippen molar-refractivity contribution in [3.63, 3.8) is 0 Å². The van der Waals surface area contributed by atoms with Crippen molar-refractivity contribution >= 4 is 93.1 Å². The third kappa shape index (κ3) is 5.53. The van der Waals surface area contributed by atoms with E-state index in [0.29, 0.717) is 0 Å². The molecule has 0 amide bonds. The summed E-state index contributed by atoms with van der Waals surface area (Å²) in [6.07, 6.45) is 0. The van der Waals surface area contributed by atoms with Gasteiger partial charge < -0.3 is 13.9 Å². The Balaban J connectivity index is 1.13. The van der Waals surface area contributed by atoms with E-state index in [1.54, 1.807) is 0 Å². The van der Waals surface area contributed by atoms with Gasteiger partial charge in [-0.2, -0.15) is 0 Å². The van der Waals surface area contributed by atoms with Crippen LogP contribution in [0, 0.1) is 0 Å². The number of fused-ring (bicyclic) bond motifs is 10. The summed E-state index contributed by atoms with van der Waals surface area (Å²) in [5.74, 6) is 0. The summed E-state index contributed by atoms with van der Waals surface area (Å²) >= 11 is 0. The number of aromatic nitrogens is 1. The van der Waals surface area contributed by atoms with E-state index < -0.39 is 0 Å². The number of para-hydroxylation sites is 4. The molecule has 0 aliphatic rings. The summed E-state index contributed by atoms with van der Waals surface area (Å²) < 4.78 is 9.33. The maximum atomic E-state index is 6.89. The largest absolute Gasteiger partial charge is 0.456 e. The molecule has 0 unspecified atom stereocenters.